The number of fused-ring (bicyclic) bond motifs is 1. The summed E-state index contributed by atoms with van der Waals surface area (Å²) in [6.07, 6.45) is 0.857. The molecule has 1 fully saturated rings. The molecule has 0 radical (unpaired) electrons. The maximum Gasteiger partial charge on any atom is 0.228 e. The number of carbonyl (C=O) groups is 1. The highest BCUT2D eigenvalue weighted by molar-refractivity contribution is 9.10. The molecule has 2 unspecified atom stereocenters. The highest BCUT2D eigenvalue weighted by Gasteiger charge is 2.44. The van der Waals surface area contributed by atoms with Crippen molar-refractivity contribution in [2.45, 2.75) is 12.3 Å². The minimum Gasteiger partial charge on any atom is -0.486 e. The number of amides is 1. The van der Waals surface area contributed by atoms with Crippen molar-refractivity contribution in [2.24, 2.45) is 5.92 Å². The van der Waals surface area contributed by atoms with Gasteiger partial charge in [-0.25, -0.2) is 0 Å². The fourth-order valence-electron chi connectivity index (χ4n) is 2.95. The molecule has 1 N–H and O–H groups in total. The molecule has 24 heavy (non-hydrogen) atoms. The molecule has 1 amide bonds. The number of carbonyl (C=O) groups excluding carboxylic acids is 1. The second kappa shape index (κ2) is 6.30. The van der Waals surface area contributed by atoms with Crippen molar-refractivity contribution < 1.29 is 14.3 Å². The van der Waals surface area contributed by atoms with E-state index in [-0.39, 0.29) is 17.7 Å². The van der Waals surface area contributed by atoms with Crippen LogP contribution in [0.4, 0.5) is 5.69 Å². The van der Waals surface area contributed by atoms with Crippen LogP contribution in [0.1, 0.15) is 17.9 Å². The van der Waals surface area contributed by atoms with E-state index in [4.69, 9.17) is 21.1 Å². The zero-order valence-electron chi connectivity index (χ0n) is 12.7. The summed E-state index contributed by atoms with van der Waals surface area (Å²) >= 11 is 9.67. The van der Waals surface area contributed by atoms with E-state index in [0.717, 1.165) is 10.9 Å². The van der Waals surface area contributed by atoms with Crippen molar-refractivity contribution in [3.63, 3.8) is 0 Å². The van der Waals surface area contributed by atoms with Crippen LogP contribution < -0.4 is 14.8 Å². The van der Waals surface area contributed by atoms with Gasteiger partial charge in [0.05, 0.1) is 10.7 Å². The molecule has 1 heterocycles. The fourth-order valence-corrected chi connectivity index (χ4v) is 3.41. The van der Waals surface area contributed by atoms with Gasteiger partial charge in [-0.1, -0.05) is 39.7 Å². The molecule has 1 aliphatic heterocycles. The van der Waals surface area contributed by atoms with E-state index >= 15 is 0 Å². The number of ether oxygens (including phenoxy) is 2. The summed E-state index contributed by atoms with van der Waals surface area (Å²) in [7, 11) is 0. The summed E-state index contributed by atoms with van der Waals surface area (Å²) in [5.41, 5.74) is 1.75. The number of halogens is 2. The van der Waals surface area contributed by atoms with Crippen LogP contribution in [0.2, 0.25) is 5.02 Å². The molecule has 4 nitrogen and oxygen atoms in total. The maximum absolute atomic E-state index is 12.5. The molecule has 2 atom stereocenters. The predicted octanol–water partition coefficient (Wildman–Crippen LogP) is 4.62. The number of hydrogen-bond donors (Lipinski definition) is 1. The summed E-state index contributed by atoms with van der Waals surface area (Å²) in [6, 6.07) is 11.5. The first-order chi connectivity index (χ1) is 11.6. The zero-order chi connectivity index (χ0) is 16.7. The van der Waals surface area contributed by atoms with Crippen molar-refractivity contribution in [3.05, 3.63) is 51.5 Å². The standard InChI is InChI=1S/C18H15BrClNO3/c19-11-3-1-10(2-4-11)12-7-13(12)18(22)21-15-9-17-16(8-14(15)20)23-5-6-24-17/h1-4,8-9,12-13H,5-7H2,(H,21,22). The number of nitrogens with one attached hydrogen (secondary N) is 1. The first kappa shape index (κ1) is 15.8. The van der Waals surface area contributed by atoms with E-state index in [1.807, 2.05) is 12.1 Å². The smallest absolute Gasteiger partial charge is 0.228 e. The maximum atomic E-state index is 12.5. The van der Waals surface area contributed by atoms with E-state index in [0.29, 0.717) is 35.4 Å². The number of rotatable bonds is 3. The third kappa shape index (κ3) is 3.10. The second-order valence-corrected chi connectivity index (χ2v) is 7.29. The molecule has 6 heteroatoms. The Labute approximate surface area is 153 Å². The van der Waals surface area contributed by atoms with Gasteiger partial charge >= 0.3 is 0 Å². The average molecular weight is 409 g/mol. The van der Waals surface area contributed by atoms with Gasteiger partial charge in [0.2, 0.25) is 5.91 Å². The molecule has 0 bridgehead atoms. The number of anilines is 1. The summed E-state index contributed by atoms with van der Waals surface area (Å²) < 4.78 is 12.1. The van der Waals surface area contributed by atoms with Gasteiger partial charge in [0, 0.05) is 22.5 Å². The minimum atomic E-state index is -0.0181. The summed E-state index contributed by atoms with van der Waals surface area (Å²) in [5, 5.41) is 3.37. The van der Waals surface area contributed by atoms with Crippen LogP contribution in [0.25, 0.3) is 0 Å². The van der Waals surface area contributed by atoms with Crippen molar-refractivity contribution in [1.82, 2.24) is 0 Å². The van der Waals surface area contributed by atoms with Crippen LogP contribution in [-0.4, -0.2) is 19.1 Å². The van der Waals surface area contributed by atoms with Gasteiger partial charge in [-0.15, -0.1) is 0 Å². The van der Waals surface area contributed by atoms with Crippen LogP contribution in [0, 0.1) is 5.92 Å². The van der Waals surface area contributed by atoms with Crippen LogP contribution in [0.5, 0.6) is 11.5 Å². The Morgan fingerprint density at radius 3 is 2.50 bits per heavy atom. The lowest BCUT2D eigenvalue weighted by Crippen LogP contribution is -2.17. The first-order valence-corrected chi connectivity index (χ1v) is 8.94. The Balaban J connectivity index is 1.46. The molecule has 2 aromatic carbocycles. The molecule has 0 saturated heterocycles. The molecule has 4 rings (SSSR count). The van der Waals surface area contributed by atoms with Gasteiger partial charge in [-0.3, -0.25) is 4.79 Å². The highest BCUT2D eigenvalue weighted by atomic mass is 79.9. The Morgan fingerprint density at radius 2 is 1.79 bits per heavy atom. The van der Waals surface area contributed by atoms with Crippen LogP contribution >= 0.6 is 27.5 Å². The SMILES string of the molecule is O=C(Nc1cc2c(cc1Cl)OCCO2)C1CC1c1ccc(Br)cc1. The largest absolute Gasteiger partial charge is 0.486 e. The molecular formula is C18H15BrClNO3. The monoisotopic (exact) mass is 407 g/mol. The molecule has 124 valence electrons. The number of benzene rings is 2. The molecule has 2 aromatic rings. The van der Waals surface area contributed by atoms with E-state index in [1.54, 1.807) is 12.1 Å². The Hall–Kier alpha value is -1.72. The molecule has 1 saturated carbocycles. The Kier molecular flexibility index (Phi) is 4.14. The van der Waals surface area contributed by atoms with Gasteiger partial charge in [0.25, 0.3) is 0 Å². The van der Waals surface area contributed by atoms with E-state index in [9.17, 15) is 4.79 Å². The molecule has 1 aliphatic carbocycles. The molecular weight excluding hydrogens is 394 g/mol. The van der Waals surface area contributed by atoms with Gasteiger partial charge in [-0.05, 0) is 30.0 Å². The van der Waals surface area contributed by atoms with Crippen molar-refractivity contribution in [3.8, 4) is 11.5 Å². The van der Waals surface area contributed by atoms with E-state index in [2.05, 4.69) is 33.4 Å². The van der Waals surface area contributed by atoms with Crippen LogP contribution in [0.3, 0.4) is 0 Å². The minimum absolute atomic E-state index is 0.0125. The highest BCUT2D eigenvalue weighted by Crippen LogP contribution is 2.48. The Bertz CT molecular complexity index is 794. The van der Waals surface area contributed by atoms with Crippen molar-refractivity contribution >= 4 is 39.1 Å². The average Bonchev–Trinajstić information content (AvgIpc) is 3.37. The van der Waals surface area contributed by atoms with E-state index in [1.165, 1.54) is 5.56 Å². The lowest BCUT2D eigenvalue weighted by atomic mass is 10.1. The molecule has 2 aliphatic rings. The predicted molar refractivity (Wildman–Crippen MR) is 96.1 cm³/mol. The quantitative estimate of drug-likeness (QED) is 0.806. The summed E-state index contributed by atoms with van der Waals surface area (Å²) in [5.74, 6) is 1.47. The van der Waals surface area contributed by atoms with E-state index < -0.39 is 0 Å². The van der Waals surface area contributed by atoms with Crippen molar-refractivity contribution in [1.29, 1.82) is 0 Å². The van der Waals surface area contributed by atoms with Gasteiger partial charge in [-0.2, -0.15) is 0 Å². The lowest BCUT2D eigenvalue weighted by molar-refractivity contribution is -0.117. The molecule has 0 aromatic heterocycles. The number of hydrogen-bond acceptors (Lipinski definition) is 3. The second-order valence-electron chi connectivity index (χ2n) is 5.97. The third-order valence-electron chi connectivity index (χ3n) is 4.32. The van der Waals surface area contributed by atoms with Crippen LogP contribution in [0.15, 0.2) is 40.9 Å². The molecule has 0 spiro atoms. The van der Waals surface area contributed by atoms with Crippen molar-refractivity contribution in [2.75, 3.05) is 18.5 Å². The zero-order valence-corrected chi connectivity index (χ0v) is 15.1. The van der Waals surface area contributed by atoms with Crippen LogP contribution in [-0.2, 0) is 4.79 Å². The first-order valence-electron chi connectivity index (χ1n) is 7.77. The summed E-state index contributed by atoms with van der Waals surface area (Å²) in [6.45, 7) is 1.00. The fraction of sp³-hybridized carbons (Fsp3) is 0.278. The van der Waals surface area contributed by atoms with Gasteiger partial charge in [0.15, 0.2) is 11.5 Å². The normalized spacial score (nSPS) is 21.2. The summed E-state index contributed by atoms with van der Waals surface area (Å²) in [4.78, 5) is 12.5. The van der Waals surface area contributed by atoms with Gasteiger partial charge < -0.3 is 14.8 Å². The topological polar surface area (TPSA) is 47.6 Å². The lowest BCUT2D eigenvalue weighted by Gasteiger charge is -2.20. The Morgan fingerprint density at radius 1 is 1.12 bits per heavy atom. The third-order valence-corrected chi connectivity index (χ3v) is 5.16. The van der Waals surface area contributed by atoms with Gasteiger partial charge in [0.1, 0.15) is 13.2 Å².